The van der Waals surface area contributed by atoms with Crippen molar-refractivity contribution in [3.05, 3.63) is 0 Å². The first-order valence-corrected chi connectivity index (χ1v) is 13.3. The predicted molar refractivity (Wildman–Crippen MR) is 135 cm³/mol. The van der Waals surface area contributed by atoms with E-state index in [9.17, 15) is 38.7 Å². The Kier molecular flexibility index (Phi) is 13.4. The summed E-state index contributed by atoms with van der Waals surface area (Å²) in [7, 11) is 0. The minimum atomic E-state index is -1.90. The van der Waals surface area contributed by atoms with Crippen molar-refractivity contribution in [2.45, 2.75) is 110 Å². The molecule has 1 N–H and O–H groups in total. The lowest BCUT2D eigenvalue weighted by Gasteiger charge is -2.48. The number of carbonyl (C=O) groups excluding carboxylic acids is 7. The first kappa shape index (κ1) is 36.3. The second-order valence-electron chi connectivity index (χ2n) is 9.68. The Morgan fingerprint density at radius 1 is 0.477 bits per heavy atom. The van der Waals surface area contributed by atoms with E-state index in [0.29, 0.717) is 0 Å². The highest BCUT2D eigenvalue weighted by Crippen LogP contribution is 2.34. The van der Waals surface area contributed by atoms with Gasteiger partial charge >= 0.3 is 41.8 Å². The maximum atomic E-state index is 12.2. The molecular weight excluding hydrogens is 600 g/mol. The largest absolute Gasteiger partial charge is 0.463 e. The maximum Gasteiger partial charge on any atom is 0.303 e. The molecule has 0 saturated carbocycles. The van der Waals surface area contributed by atoms with Crippen LogP contribution in [0.25, 0.3) is 0 Å². The van der Waals surface area contributed by atoms with Crippen LogP contribution in [0.3, 0.4) is 0 Å². The highest BCUT2D eigenvalue weighted by atomic mass is 16.8. The smallest absolute Gasteiger partial charge is 0.303 e. The van der Waals surface area contributed by atoms with Gasteiger partial charge < -0.3 is 52.5 Å². The number of hydrogen-bond donors (Lipinski definition) is 1. The lowest BCUT2D eigenvalue weighted by Crippen LogP contribution is -2.67. The van der Waals surface area contributed by atoms with E-state index in [2.05, 4.69) is 0 Å². The summed E-state index contributed by atoms with van der Waals surface area (Å²) in [6.45, 7) is 6.11. The zero-order valence-corrected chi connectivity index (χ0v) is 25.1. The van der Waals surface area contributed by atoms with Crippen LogP contribution in [0.15, 0.2) is 0 Å². The van der Waals surface area contributed by atoms with Crippen LogP contribution in [0.5, 0.6) is 0 Å². The summed E-state index contributed by atoms with van der Waals surface area (Å²) in [6, 6.07) is 0. The number of hydrogen-bond acceptors (Lipinski definition) is 18. The Bertz CT molecular complexity index is 1090. The monoisotopic (exact) mass is 636 g/mol. The Hall–Kier alpha value is -3.87. The number of rotatable bonds is 11. The van der Waals surface area contributed by atoms with Crippen molar-refractivity contribution < 1.29 is 86.0 Å². The minimum absolute atomic E-state index is 0.572. The van der Waals surface area contributed by atoms with Crippen LogP contribution >= 0.6 is 0 Å². The van der Waals surface area contributed by atoms with Gasteiger partial charge in [0.15, 0.2) is 43.1 Å². The number of esters is 7. The molecule has 18 nitrogen and oxygen atoms in total. The Labute approximate surface area is 251 Å². The Morgan fingerprint density at radius 2 is 0.841 bits per heavy atom. The molecule has 0 aromatic rings. The molecule has 0 unspecified atom stereocenters. The fourth-order valence-corrected chi connectivity index (χ4v) is 4.49. The van der Waals surface area contributed by atoms with Crippen molar-refractivity contribution in [3.63, 3.8) is 0 Å². The minimum Gasteiger partial charge on any atom is -0.463 e. The van der Waals surface area contributed by atoms with Crippen LogP contribution in [0.1, 0.15) is 48.5 Å². The molecule has 2 aliphatic rings. The SMILES string of the molecule is CC(=O)OC[C@@H]1O[C@@H](O[C@H]2[C@H](OC(C)=O)[C@H](OC(C)=O)[C@H](O)O[C@H]2COC(C)=O)[C@@H](OC(C)=O)[C@@H](OC(C)=O)[C@H]1OC(C)=O. The standard InChI is InChI=1S/C26H36O18/c1-10(27)35-8-17-20(21(38-13(4)30)23(25(34)42-17)40-15(6)32)44-26-24(41-16(7)33)22(39-14(5)31)19(37-12(3)29)18(43-26)9-36-11(2)28/h17-26,34H,8-9H2,1-7H3/t17-,18-,19-,20+,21-,22-,23-,24-,25+,26-/m0/s1. The molecule has 2 heterocycles. The van der Waals surface area contributed by atoms with Crippen molar-refractivity contribution in [2.75, 3.05) is 13.2 Å². The molecule has 2 aliphatic heterocycles. The van der Waals surface area contributed by atoms with E-state index in [1.807, 2.05) is 0 Å². The van der Waals surface area contributed by atoms with Gasteiger partial charge in [0.25, 0.3) is 0 Å². The summed E-state index contributed by atoms with van der Waals surface area (Å²) in [6.07, 6.45) is -16.3. The van der Waals surface area contributed by atoms with E-state index in [1.54, 1.807) is 0 Å². The van der Waals surface area contributed by atoms with Crippen LogP contribution < -0.4 is 0 Å². The Morgan fingerprint density at radius 3 is 1.27 bits per heavy atom. The van der Waals surface area contributed by atoms with Gasteiger partial charge in [-0.25, -0.2) is 0 Å². The first-order chi connectivity index (χ1) is 20.5. The molecule has 0 radical (unpaired) electrons. The van der Waals surface area contributed by atoms with Crippen molar-refractivity contribution in [1.29, 1.82) is 0 Å². The highest BCUT2D eigenvalue weighted by Gasteiger charge is 2.57. The van der Waals surface area contributed by atoms with Crippen molar-refractivity contribution >= 4 is 41.8 Å². The number of aliphatic hydroxyl groups is 1. The van der Waals surface area contributed by atoms with Crippen LogP contribution in [-0.4, -0.2) is 122 Å². The molecular formula is C26H36O18. The summed E-state index contributed by atoms with van der Waals surface area (Å²) in [5.41, 5.74) is 0. The van der Waals surface area contributed by atoms with Gasteiger partial charge in [-0.05, 0) is 0 Å². The molecule has 0 spiro atoms. The molecule has 0 aromatic heterocycles. The molecule has 0 amide bonds. The predicted octanol–water partition coefficient (Wildman–Crippen LogP) is -1.40. The quantitative estimate of drug-likeness (QED) is 0.203. The van der Waals surface area contributed by atoms with E-state index in [4.69, 9.17) is 47.4 Å². The van der Waals surface area contributed by atoms with Crippen LogP contribution in [0.2, 0.25) is 0 Å². The highest BCUT2D eigenvalue weighted by molar-refractivity contribution is 5.69. The lowest BCUT2D eigenvalue weighted by atomic mass is 9.96. The van der Waals surface area contributed by atoms with Gasteiger partial charge in [-0.1, -0.05) is 0 Å². The molecule has 0 aliphatic carbocycles. The molecule has 0 bridgehead atoms. The number of carbonyl (C=O) groups is 7. The van der Waals surface area contributed by atoms with Crippen molar-refractivity contribution in [3.8, 4) is 0 Å². The summed E-state index contributed by atoms with van der Waals surface area (Å²) >= 11 is 0. The zero-order chi connectivity index (χ0) is 33.3. The lowest BCUT2D eigenvalue weighted by molar-refractivity contribution is -0.357. The van der Waals surface area contributed by atoms with Crippen LogP contribution in [0, 0.1) is 0 Å². The summed E-state index contributed by atoms with van der Waals surface area (Å²) < 4.78 is 54.1. The molecule has 10 atom stereocenters. The molecule has 2 saturated heterocycles. The number of ether oxygens (including phenoxy) is 10. The van der Waals surface area contributed by atoms with Crippen LogP contribution in [-0.2, 0) is 80.9 Å². The normalized spacial score (nSPS) is 31.5. The van der Waals surface area contributed by atoms with E-state index in [-0.39, 0.29) is 0 Å². The van der Waals surface area contributed by atoms with E-state index < -0.39 is 116 Å². The van der Waals surface area contributed by atoms with Gasteiger partial charge in [0.05, 0.1) is 0 Å². The van der Waals surface area contributed by atoms with Gasteiger partial charge in [-0.15, -0.1) is 0 Å². The third-order valence-electron chi connectivity index (χ3n) is 5.90. The summed E-state index contributed by atoms with van der Waals surface area (Å²) in [5, 5.41) is 10.6. The van der Waals surface area contributed by atoms with Gasteiger partial charge in [0, 0.05) is 48.5 Å². The molecule has 0 aromatic carbocycles. The van der Waals surface area contributed by atoms with E-state index in [0.717, 1.165) is 48.5 Å². The third-order valence-corrected chi connectivity index (χ3v) is 5.90. The Balaban J connectivity index is 2.66. The topological polar surface area (TPSA) is 232 Å². The van der Waals surface area contributed by atoms with Crippen LogP contribution in [0.4, 0.5) is 0 Å². The van der Waals surface area contributed by atoms with E-state index >= 15 is 0 Å². The molecule has 248 valence electrons. The third kappa shape index (κ3) is 10.7. The molecule has 18 heteroatoms. The zero-order valence-electron chi connectivity index (χ0n) is 25.1. The fourth-order valence-electron chi connectivity index (χ4n) is 4.49. The van der Waals surface area contributed by atoms with Gasteiger partial charge in [-0.2, -0.15) is 0 Å². The second-order valence-corrected chi connectivity index (χ2v) is 9.68. The molecule has 44 heavy (non-hydrogen) atoms. The van der Waals surface area contributed by atoms with Gasteiger partial charge in [0.1, 0.15) is 31.5 Å². The van der Waals surface area contributed by atoms with E-state index in [1.165, 1.54) is 0 Å². The van der Waals surface area contributed by atoms with Gasteiger partial charge in [-0.3, -0.25) is 33.6 Å². The summed E-state index contributed by atoms with van der Waals surface area (Å²) in [5.74, 6) is -6.03. The maximum absolute atomic E-state index is 12.2. The molecule has 2 fully saturated rings. The molecule has 2 rings (SSSR count). The van der Waals surface area contributed by atoms with Crippen molar-refractivity contribution in [1.82, 2.24) is 0 Å². The van der Waals surface area contributed by atoms with Gasteiger partial charge in [0.2, 0.25) is 0 Å². The second kappa shape index (κ2) is 16.3. The first-order valence-electron chi connectivity index (χ1n) is 13.3. The average Bonchev–Trinajstić information content (AvgIpc) is 2.87. The average molecular weight is 637 g/mol. The number of aliphatic hydroxyl groups excluding tert-OH is 1. The van der Waals surface area contributed by atoms with Crippen molar-refractivity contribution in [2.24, 2.45) is 0 Å². The fraction of sp³-hybridized carbons (Fsp3) is 0.731. The summed E-state index contributed by atoms with van der Waals surface area (Å²) in [4.78, 5) is 83.5.